The first-order chi connectivity index (χ1) is 8.78. The Morgan fingerprint density at radius 3 is 2.79 bits per heavy atom. The molecule has 0 radical (unpaired) electrons. The molecule has 0 saturated carbocycles. The summed E-state index contributed by atoms with van der Waals surface area (Å²) in [7, 11) is 0. The highest BCUT2D eigenvalue weighted by Gasteiger charge is 2.23. The van der Waals surface area contributed by atoms with Crippen molar-refractivity contribution in [1.29, 1.82) is 0 Å². The lowest BCUT2D eigenvalue weighted by atomic mass is 10.1. The molecule has 1 saturated heterocycles. The van der Waals surface area contributed by atoms with Gasteiger partial charge in [0.2, 0.25) is 5.91 Å². The Bertz CT molecular complexity index is 326. The highest BCUT2D eigenvalue weighted by atomic mass is 16.6. The van der Waals surface area contributed by atoms with Crippen molar-refractivity contribution in [2.24, 2.45) is 0 Å². The average molecular weight is 271 g/mol. The summed E-state index contributed by atoms with van der Waals surface area (Å²) in [6.07, 6.45) is 1.38. The number of rotatable bonds is 4. The lowest BCUT2D eigenvalue weighted by Crippen LogP contribution is -2.53. The van der Waals surface area contributed by atoms with Gasteiger partial charge in [0.25, 0.3) is 0 Å². The second kappa shape index (κ2) is 6.75. The van der Waals surface area contributed by atoms with Crippen LogP contribution in [-0.2, 0) is 9.53 Å². The van der Waals surface area contributed by atoms with Crippen LogP contribution in [0.4, 0.5) is 4.79 Å². The molecule has 0 aromatic rings. The number of carbonyl (C=O) groups is 2. The van der Waals surface area contributed by atoms with Gasteiger partial charge >= 0.3 is 6.09 Å². The number of alkyl carbamates (subject to hydrolysis) is 1. The van der Waals surface area contributed by atoms with Gasteiger partial charge in [-0.3, -0.25) is 4.79 Å². The minimum Gasteiger partial charge on any atom is -0.444 e. The SMILES string of the molecule is CC(CNC(=O)OC(C)(C)C)NC1CCCNC1=O. The minimum atomic E-state index is -0.496. The fourth-order valence-electron chi connectivity index (χ4n) is 1.88. The molecule has 2 unspecified atom stereocenters. The summed E-state index contributed by atoms with van der Waals surface area (Å²) >= 11 is 0. The van der Waals surface area contributed by atoms with Crippen LogP contribution in [0.2, 0.25) is 0 Å². The number of hydrogen-bond acceptors (Lipinski definition) is 4. The molecular formula is C13H25N3O3. The Labute approximate surface area is 114 Å². The van der Waals surface area contributed by atoms with Gasteiger partial charge in [0, 0.05) is 19.1 Å². The normalized spacial score (nSPS) is 21.5. The van der Waals surface area contributed by atoms with E-state index in [1.54, 1.807) is 0 Å². The number of hydrogen-bond donors (Lipinski definition) is 3. The van der Waals surface area contributed by atoms with Crippen LogP contribution in [0.1, 0.15) is 40.5 Å². The second-order valence-electron chi connectivity index (χ2n) is 5.94. The summed E-state index contributed by atoms with van der Waals surface area (Å²) in [6.45, 7) is 8.57. The lowest BCUT2D eigenvalue weighted by Gasteiger charge is -2.26. The number of ether oxygens (including phenoxy) is 1. The predicted octanol–water partition coefficient (Wildman–Crippen LogP) is 0.768. The first-order valence-electron chi connectivity index (χ1n) is 6.78. The van der Waals surface area contributed by atoms with Crippen molar-refractivity contribution < 1.29 is 14.3 Å². The summed E-state index contributed by atoms with van der Waals surface area (Å²) in [4.78, 5) is 23.0. The summed E-state index contributed by atoms with van der Waals surface area (Å²) in [5.41, 5.74) is -0.496. The smallest absolute Gasteiger partial charge is 0.407 e. The van der Waals surface area contributed by atoms with Crippen LogP contribution < -0.4 is 16.0 Å². The van der Waals surface area contributed by atoms with Crippen LogP contribution in [-0.4, -0.2) is 42.8 Å². The molecular weight excluding hydrogens is 246 g/mol. The van der Waals surface area contributed by atoms with Crippen LogP contribution in [0.15, 0.2) is 0 Å². The van der Waals surface area contributed by atoms with Crippen molar-refractivity contribution in [3.63, 3.8) is 0 Å². The Morgan fingerprint density at radius 2 is 2.21 bits per heavy atom. The van der Waals surface area contributed by atoms with Gasteiger partial charge < -0.3 is 20.7 Å². The van der Waals surface area contributed by atoms with Gasteiger partial charge in [0.1, 0.15) is 5.60 Å². The molecule has 2 amide bonds. The number of amides is 2. The van der Waals surface area contributed by atoms with Crippen molar-refractivity contribution in [2.45, 2.75) is 58.2 Å². The fraction of sp³-hybridized carbons (Fsp3) is 0.846. The minimum absolute atomic E-state index is 0.0152. The van der Waals surface area contributed by atoms with Crippen molar-refractivity contribution >= 4 is 12.0 Å². The molecule has 2 atom stereocenters. The third-order valence-electron chi connectivity index (χ3n) is 2.72. The topological polar surface area (TPSA) is 79.5 Å². The van der Waals surface area contributed by atoms with Crippen LogP contribution in [0, 0.1) is 0 Å². The van der Waals surface area contributed by atoms with Crippen molar-refractivity contribution in [1.82, 2.24) is 16.0 Å². The first-order valence-corrected chi connectivity index (χ1v) is 6.78. The van der Waals surface area contributed by atoms with E-state index in [0.717, 1.165) is 19.4 Å². The van der Waals surface area contributed by atoms with E-state index in [1.165, 1.54) is 0 Å². The quantitative estimate of drug-likeness (QED) is 0.705. The Hall–Kier alpha value is -1.30. The summed E-state index contributed by atoms with van der Waals surface area (Å²) < 4.78 is 5.14. The number of nitrogens with one attached hydrogen (secondary N) is 3. The third kappa shape index (κ3) is 6.42. The number of carbonyl (C=O) groups excluding carboxylic acids is 2. The highest BCUT2D eigenvalue weighted by molar-refractivity contribution is 5.82. The zero-order valence-electron chi connectivity index (χ0n) is 12.2. The van der Waals surface area contributed by atoms with Crippen molar-refractivity contribution in [2.75, 3.05) is 13.1 Å². The first kappa shape index (κ1) is 15.8. The van der Waals surface area contributed by atoms with E-state index >= 15 is 0 Å². The van der Waals surface area contributed by atoms with Gasteiger partial charge in [0.05, 0.1) is 6.04 Å². The Balaban J connectivity index is 2.25. The molecule has 110 valence electrons. The van der Waals surface area contributed by atoms with Gasteiger partial charge in [-0.1, -0.05) is 0 Å². The van der Waals surface area contributed by atoms with Gasteiger partial charge in [0.15, 0.2) is 0 Å². The predicted molar refractivity (Wildman–Crippen MR) is 72.9 cm³/mol. The number of piperidine rings is 1. The highest BCUT2D eigenvalue weighted by Crippen LogP contribution is 2.06. The molecule has 0 bridgehead atoms. The van der Waals surface area contributed by atoms with Gasteiger partial charge in [-0.15, -0.1) is 0 Å². The van der Waals surface area contributed by atoms with E-state index in [-0.39, 0.29) is 18.0 Å². The third-order valence-corrected chi connectivity index (χ3v) is 2.72. The van der Waals surface area contributed by atoms with E-state index in [0.29, 0.717) is 6.54 Å². The van der Waals surface area contributed by atoms with E-state index in [4.69, 9.17) is 4.74 Å². The second-order valence-corrected chi connectivity index (χ2v) is 5.94. The van der Waals surface area contributed by atoms with E-state index < -0.39 is 11.7 Å². The van der Waals surface area contributed by atoms with E-state index in [1.807, 2.05) is 27.7 Å². The largest absolute Gasteiger partial charge is 0.444 e. The van der Waals surface area contributed by atoms with E-state index in [2.05, 4.69) is 16.0 Å². The zero-order valence-corrected chi connectivity index (χ0v) is 12.2. The molecule has 6 heteroatoms. The molecule has 0 aromatic heterocycles. The molecule has 1 fully saturated rings. The zero-order chi connectivity index (χ0) is 14.5. The maximum atomic E-state index is 11.6. The standard InChI is InChI=1S/C13H25N3O3/c1-9(8-15-12(18)19-13(2,3)4)16-10-6-5-7-14-11(10)17/h9-10,16H,5-8H2,1-4H3,(H,14,17)(H,15,18). The Morgan fingerprint density at radius 1 is 1.53 bits per heavy atom. The fourth-order valence-corrected chi connectivity index (χ4v) is 1.88. The van der Waals surface area contributed by atoms with Crippen molar-refractivity contribution in [3.05, 3.63) is 0 Å². The molecule has 1 aliphatic rings. The molecule has 1 rings (SSSR count). The molecule has 3 N–H and O–H groups in total. The van der Waals surface area contributed by atoms with Crippen LogP contribution in [0.3, 0.4) is 0 Å². The Kier molecular flexibility index (Phi) is 5.60. The maximum absolute atomic E-state index is 11.6. The van der Waals surface area contributed by atoms with Crippen LogP contribution in [0.5, 0.6) is 0 Å². The van der Waals surface area contributed by atoms with Gasteiger partial charge in [-0.05, 0) is 40.5 Å². The summed E-state index contributed by atoms with van der Waals surface area (Å²) in [5, 5.41) is 8.71. The molecule has 19 heavy (non-hydrogen) atoms. The van der Waals surface area contributed by atoms with E-state index in [9.17, 15) is 9.59 Å². The summed E-state index contributed by atoms with van der Waals surface area (Å²) in [5.74, 6) is 0.0374. The van der Waals surface area contributed by atoms with Gasteiger partial charge in [-0.25, -0.2) is 4.79 Å². The molecule has 1 heterocycles. The summed E-state index contributed by atoms with van der Waals surface area (Å²) in [6, 6.07) is -0.148. The average Bonchev–Trinajstić information content (AvgIpc) is 2.27. The van der Waals surface area contributed by atoms with Crippen LogP contribution >= 0.6 is 0 Å². The molecule has 0 aromatic carbocycles. The molecule has 6 nitrogen and oxygen atoms in total. The van der Waals surface area contributed by atoms with Crippen LogP contribution in [0.25, 0.3) is 0 Å². The van der Waals surface area contributed by atoms with Gasteiger partial charge in [-0.2, -0.15) is 0 Å². The molecule has 0 aliphatic carbocycles. The molecule has 1 aliphatic heterocycles. The monoisotopic (exact) mass is 271 g/mol. The lowest BCUT2D eigenvalue weighted by molar-refractivity contribution is -0.124. The maximum Gasteiger partial charge on any atom is 0.407 e. The van der Waals surface area contributed by atoms with Crippen molar-refractivity contribution in [3.8, 4) is 0 Å². The molecule has 0 spiro atoms.